The van der Waals surface area contributed by atoms with Crippen LogP contribution in [0.5, 0.6) is 11.5 Å². The van der Waals surface area contributed by atoms with Crippen molar-refractivity contribution in [1.29, 1.82) is 0 Å². The van der Waals surface area contributed by atoms with Gasteiger partial charge in [-0.25, -0.2) is 4.39 Å². The highest BCUT2D eigenvalue weighted by Gasteiger charge is 2.33. The lowest BCUT2D eigenvalue weighted by Gasteiger charge is -2.14. The highest BCUT2D eigenvalue weighted by molar-refractivity contribution is 9.10. The molecule has 112 valence electrons. The zero-order valence-corrected chi connectivity index (χ0v) is 12.1. The second-order valence-electron chi connectivity index (χ2n) is 4.20. The van der Waals surface area contributed by atoms with Crippen LogP contribution >= 0.6 is 15.9 Å². The number of benzene rings is 2. The summed E-state index contributed by atoms with van der Waals surface area (Å²) in [7, 11) is 0. The van der Waals surface area contributed by atoms with Gasteiger partial charge in [0.1, 0.15) is 17.3 Å². The van der Waals surface area contributed by atoms with Crippen LogP contribution in [0.4, 0.5) is 17.6 Å². The van der Waals surface area contributed by atoms with E-state index < -0.39 is 17.6 Å². The molecule has 7 heteroatoms. The van der Waals surface area contributed by atoms with Gasteiger partial charge in [-0.15, -0.1) is 0 Å². The molecule has 21 heavy (non-hydrogen) atoms. The summed E-state index contributed by atoms with van der Waals surface area (Å²) in [6.07, 6.45) is -4.52. The minimum atomic E-state index is -4.52. The summed E-state index contributed by atoms with van der Waals surface area (Å²) in [6.45, 7) is -0.225. The van der Waals surface area contributed by atoms with Crippen LogP contribution < -0.4 is 10.5 Å². The molecule has 0 heterocycles. The van der Waals surface area contributed by atoms with Crippen LogP contribution in [0, 0.1) is 5.82 Å². The molecule has 2 aromatic rings. The Morgan fingerprint density at radius 1 is 1.05 bits per heavy atom. The van der Waals surface area contributed by atoms with E-state index in [4.69, 9.17) is 10.5 Å². The van der Waals surface area contributed by atoms with Gasteiger partial charge in [0.05, 0.1) is 10.0 Å². The number of rotatable bonds is 3. The van der Waals surface area contributed by atoms with Crippen molar-refractivity contribution in [3.8, 4) is 11.5 Å². The first-order chi connectivity index (χ1) is 9.81. The molecule has 0 amide bonds. The standard InChI is InChI=1S/C14H10BrF4NO/c15-12-6-10(3-4-13(12)16)21-9-2-1-8(7-20)11(5-9)14(17,18)19/h1-6H,7,20H2. The number of hydrogen-bond donors (Lipinski definition) is 1. The number of hydrogen-bond acceptors (Lipinski definition) is 2. The van der Waals surface area contributed by atoms with Gasteiger partial charge in [0.2, 0.25) is 0 Å². The van der Waals surface area contributed by atoms with E-state index in [1.165, 1.54) is 24.3 Å². The van der Waals surface area contributed by atoms with Gasteiger partial charge in [-0.2, -0.15) is 13.2 Å². The van der Waals surface area contributed by atoms with Crippen LogP contribution in [0.15, 0.2) is 40.9 Å². The number of nitrogens with two attached hydrogens (primary N) is 1. The molecule has 2 rings (SSSR count). The quantitative estimate of drug-likeness (QED) is 0.790. The topological polar surface area (TPSA) is 35.2 Å². The molecular formula is C14H10BrF4NO. The van der Waals surface area contributed by atoms with Crippen molar-refractivity contribution in [2.75, 3.05) is 0 Å². The summed E-state index contributed by atoms with van der Waals surface area (Å²) in [6, 6.07) is 7.33. The lowest BCUT2D eigenvalue weighted by atomic mass is 10.1. The Bertz CT molecular complexity index is 658. The SMILES string of the molecule is NCc1ccc(Oc2ccc(F)c(Br)c2)cc1C(F)(F)F. The van der Waals surface area contributed by atoms with Gasteiger partial charge < -0.3 is 10.5 Å². The van der Waals surface area contributed by atoms with E-state index in [2.05, 4.69) is 15.9 Å². The summed E-state index contributed by atoms with van der Waals surface area (Å²) < 4.78 is 57.3. The van der Waals surface area contributed by atoms with Crippen molar-refractivity contribution in [3.63, 3.8) is 0 Å². The molecule has 0 unspecified atom stereocenters. The van der Waals surface area contributed by atoms with Crippen molar-refractivity contribution in [2.24, 2.45) is 5.73 Å². The lowest BCUT2D eigenvalue weighted by molar-refractivity contribution is -0.138. The van der Waals surface area contributed by atoms with E-state index >= 15 is 0 Å². The van der Waals surface area contributed by atoms with Crippen LogP contribution in [-0.2, 0) is 12.7 Å². The van der Waals surface area contributed by atoms with Gasteiger partial charge in [-0.3, -0.25) is 0 Å². The van der Waals surface area contributed by atoms with Crippen molar-refractivity contribution < 1.29 is 22.3 Å². The molecule has 2 aromatic carbocycles. The third kappa shape index (κ3) is 3.74. The summed E-state index contributed by atoms with van der Waals surface area (Å²) in [4.78, 5) is 0. The summed E-state index contributed by atoms with van der Waals surface area (Å²) in [5, 5.41) is 0. The second-order valence-corrected chi connectivity index (χ2v) is 5.05. The Labute approximate surface area is 126 Å². The minimum Gasteiger partial charge on any atom is -0.457 e. The van der Waals surface area contributed by atoms with Crippen LogP contribution in [0.1, 0.15) is 11.1 Å². The van der Waals surface area contributed by atoms with E-state index in [9.17, 15) is 17.6 Å². The highest BCUT2D eigenvalue weighted by atomic mass is 79.9. The molecule has 0 saturated carbocycles. The van der Waals surface area contributed by atoms with Crippen LogP contribution in [-0.4, -0.2) is 0 Å². The first-order valence-electron chi connectivity index (χ1n) is 5.84. The van der Waals surface area contributed by atoms with Crippen molar-refractivity contribution >= 4 is 15.9 Å². The zero-order valence-electron chi connectivity index (χ0n) is 10.5. The third-order valence-corrected chi connectivity index (χ3v) is 3.34. The fraction of sp³-hybridized carbons (Fsp3) is 0.143. The molecule has 0 aliphatic heterocycles. The molecule has 2 nitrogen and oxygen atoms in total. The fourth-order valence-corrected chi connectivity index (χ4v) is 2.10. The molecule has 0 atom stereocenters. The van der Waals surface area contributed by atoms with E-state index in [0.717, 1.165) is 12.1 Å². The molecule has 0 saturated heterocycles. The first kappa shape index (κ1) is 15.8. The highest BCUT2D eigenvalue weighted by Crippen LogP contribution is 2.35. The van der Waals surface area contributed by atoms with Gasteiger partial charge in [-0.1, -0.05) is 6.07 Å². The maximum Gasteiger partial charge on any atom is 0.416 e. The summed E-state index contributed by atoms with van der Waals surface area (Å²) in [5.41, 5.74) is 4.44. The first-order valence-corrected chi connectivity index (χ1v) is 6.63. The van der Waals surface area contributed by atoms with Gasteiger partial charge >= 0.3 is 6.18 Å². The van der Waals surface area contributed by atoms with E-state index in [1.807, 2.05) is 0 Å². The Morgan fingerprint density at radius 3 is 2.24 bits per heavy atom. The predicted octanol–water partition coefficient (Wildman–Crippen LogP) is 4.86. The Hall–Kier alpha value is -1.60. The van der Waals surface area contributed by atoms with Crippen molar-refractivity contribution in [2.45, 2.75) is 12.7 Å². The predicted molar refractivity (Wildman–Crippen MR) is 73.5 cm³/mol. The molecule has 0 aliphatic carbocycles. The average Bonchev–Trinajstić information content (AvgIpc) is 2.42. The monoisotopic (exact) mass is 363 g/mol. The Balaban J connectivity index is 2.34. The number of ether oxygens (including phenoxy) is 1. The molecule has 0 bridgehead atoms. The zero-order chi connectivity index (χ0) is 15.6. The van der Waals surface area contributed by atoms with E-state index in [1.54, 1.807) is 0 Å². The minimum absolute atomic E-state index is 0.00182. The Kier molecular flexibility index (Phi) is 4.53. The van der Waals surface area contributed by atoms with Crippen molar-refractivity contribution in [1.82, 2.24) is 0 Å². The van der Waals surface area contributed by atoms with Gasteiger partial charge in [-0.05, 0) is 51.8 Å². The molecule has 0 aliphatic rings. The molecule has 0 radical (unpaired) electrons. The fourth-order valence-electron chi connectivity index (χ4n) is 1.74. The molecular weight excluding hydrogens is 354 g/mol. The van der Waals surface area contributed by atoms with Gasteiger partial charge in [0.25, 0.3) is 0 Å². The van der Waals surface area contributed by atoms with Crippen LogP contribution in [0.25, 0.3) is 0 Å². The summed E-state index contributed by atoms with van der Waals surface area (Å²) in [5.74, 6) is -0.272. The second kappa shape index (κ2) is 6.03. The normalized spacial score (nSPS) is 11.5. The molecule has 0 fully saturated rings. The van der Waals surface area contributed by atoms with Gasteiger partial charge in [0, 0.05) is 6.54 Å². The van der Waals surface area contributed by atoms with E-state index in [0.29, 0.717) is 0 Å². The number of alkyl halides is 3. The van der Waals surface area contributed by atoms with Gasteiger partial charge in [0.15, 0.2) is 0 Å². The summed E-state index contributed by atoms with van der Waals surface area (Å²) >= 11 is 2.98. The molecule has 2 N–H and O–H groups in total. The number of halogens is 5. The third-order valence-electron chi connectivity index (χ3n) is 2.73. The molecule has 0 spiro atoms. The Morgan fingerprint density at radius 2 is 1.67 bits per heavy atom. The smallest absolute Gasteiger partial charge is 0.416 e. The van der Waals surface area contributed by atoms with Crippen LogP contribution in [0.3, 0.4) is 0 Å². The largest absolute Gasteiger partial charge is 0.457 e. The van der Waals surface area contributed by atoms with E-state index in [-0.39, 0.29) is 28.1 Å². The van der Waals surface area contributed by atoms with Crippen molar-refractivity contribution in [3.05, 3.63) is 57.8 Å². The average molecular weight is 364 g/mol. The van der Waals surface area contributed by atoms with Crippen LogP contribution in [0.2, 0.25) is 0 Å². The molecule has 0 aromatic heterocycles. The maximum atomic E-state index is 13.1. The lowest BCUT2D eigenvalue weighted by Crippen LogP contribution is -2.12. The maximum absolute atomic E-state index is 13.1.